The molecule has 0 fully saturated rings. The van der Waals surface area contributed by atoms with Crippen LogP contribution in [0, 0.1) is 6.92 Å². The second-order valence-corrected chi connectivity index (χ2v) is 5.32. The smallest absolute Gasteiger partial charge is 0.175 e. The van der Waals surface area contributed by atoms with Gasteiger partial charge in [-0.3, -0.25) is 0 Å². The van der Waals surface area contributed by atoms with Crippen LogP contribution < -0.4 is 15.2 Å². The van der Waals surface area contributed by atoms with Gasteiger partial charge in [0.05, 0.1) is 16.7 Å². The lowest BCUT2D eigenvalue weighted by Gasteiger charge is -2.20. The zero-order chi connectivity index (χ0) is 13.4. The van der Waals surface area contributed by atoms with Crippen molar-refractivity contribution >= 4 is 21.7 Å². The van der Waals surface area contributed by atoms with E-state index < -0.39 is 0 Å². The van der Waals surface area contributed by atoms with Gasteiger partial charge in [-0.15, -0.1) is 0 Å². The maximum atomic E-state index is 5.90. The molecule has 0 unspecified atom stereocenters. The molecule has 0 saturated carbocycles. The zero-order valence-corrected chi connectivity index (χ0v) is 12.1. The molecule has 2 heterocycles. The number of nitrogens with zero attached hydrogens (tertiary/aromatic N) is 2. The summed E-state index contributed by atoms with van der Waals surface area (Å²) >= 11 is 3.50. The lowest BCUT2D eigenvalue weighted by molar-refractivity contribution is 0.170. The number of aryl methyl sites for hydroxylation is 1. The Labute approximate surface area is 119 Å². The predicted molar refractivity (Wildman–Crippen MR) is 75.6 cm³/mol. The fraction of sp³-hybridized carbons (Fsp3) is 0.308. The lowest BCUT2D eigenvalue weighted by atomic mass is 10.2. The molecule has 2 aromatic rings. The molecular weight excluding hydrogens is 310 g/mol. The van der Waals surface area contributed by atoms with E-state index in [9.17, 15) is 0 Å². The van der Waals surface area contributed by atoms with E-state index in [1.807, 2.05) is 25.1 Å². The van der Waals surface area contributed by atoms with Gasteiger partial charge in [-0.25, -0.2) is 4.68 Å². The van der Waals surface area contributed by atoms with Gasteiger partial charge in [-0.1, -0.05) is 0 Å². The molecule has 1 aromatic heterocycles. The number of ether oxygens (including phenoxy) is 2. The van der Waals surface area contributed by atoms with Gasteiger partial charge in [-0.05, 0) is 40.5 Å². The molecular formula is C13H14BrN3O2. The third kappa shape index (κ3) is 2.40. The number of anilines is 1. The average Bonchev–Trinajstić information content (AvgIpc) is 2.68. The topological polar surface area (TPSA) is 62.3 Å². The van der Waals surface area contributed by atoms with Crippen molar-refractivity contribution in [2.45, 2.75) is 13.5 Å². The van der Waals surface area contributed by atoms with Crippen molar-refractivity contribution in [2.24, 2.45) is 0 Å². The van der Waals surface area contributed by atoms with Gasteiger partial charge in [0, 0.05) is 6.07 Å². The maximum Gasteiger partial charge on any atom is 0.175 e. The minimum absolute atomic E-state index is 0.575. The van der Waals surface area contributed by atoms with Crippen LogP contribution in [0.15, 0.2) is 22.7 Å². The van der Waals surface area contributed by atoms with Crippen molar-refractivity contribution in [1.29, 1.82) is 0 Å². The van der Waals surface area contributed by atoms with E-state index in [1.54, 1.807) is 4.68 Å². The highest BCUT2D eigenvalue weighted by Crippen LogP contribution is 2.38. The van der Waals surface area contributed by atoms with E-state index in [4.69, 9.17) is 15.2 Å². The predicted octanol–water partition coefficient (Wildman–Crippen LogP) is 2.36. The van der Waals surface area contributed by atoms with Crippen molar-refractivity contribution in [1.82, 2.24) is 9.78 Å². The summed E-state index contributed by atoms with van der Waals surface area (Å²) < 4.78 is 13.8. The van der Waals surface area contributed by atoms with Crippen LogP contribution in [0.4, 0.5) is 5.82 Å². The molecule has 2 N–H and O–H groups in total. The molecule has 5 nitrogen and oxygen atoms in total. The van der Waals surface area contributed by atoms with Crippen LogP contribution in [-0.4, -0.2) is 23.0 Å². The van der Waals surface area contributed by atoms with Gasteiger partial charge in [0.2, 0.25) is 0 Å². The first-order valence-electron chi connectivity index (χ1n) is 6.01. The van der Waals surface area contributed by atoms with Crippen LogP contribution >= 0.6 is 15.9 Å². The van der Waals surface area contributed by atoms with Crippen LogP contribution in [0.5, 0.6) is 11.5 Å². The summed E-state index contributed by atoms with van der Waals surface area (Å²) in [6.45, 7) is 3.68. The zero-order valence-electron chi connectivity index (χ0n) is 10.5. The minimum Gasteiger partial charge on any atom is -0.486 e. The highest BCUT2D eigenvalue weighted by molar-refractivity contribution is 9.10. The summed E-state index contributed by atoms with van der Waals surface area (Å²) in [6, 6.07) is 5.83. The molecule has 1 aromatic carbocycles. The number of benzene rings is 1. The standard InChI is InChI=1S/C13H14BrN3O2/c1-8-4-12(15)17(16-8)7-9-5-10(14)13-11(6-9)18-2-3-19-13/h4-6H,2-3,7,15H2,1H3. The Kier molecular flexibility index (Phi) is 3.10. The third-order valence-corrected chi connectivity index (χ3v) is 3.51. The molecule has 100 valence electrons. The number of nitrogen functional groups attached to an aromatic ring is 1. The molecule has 1 aliphatic rings. The van der Waals surface area contributed by atoms with Crippen molar-refractivity contribution in [3.8, 4) is 11.5 Å². The molecule has 1 aliphatic heterocycles. The van der Waals surface area contributed by atoms with Gasteiger partial charge in [0.25, 0.3) is 0 Å². The van der Waals surface area contributed by atoms with Gasteiger partial charge in [0.1, 0.15) is 19.0 Å². The Morgan fingerprint density at radius 3 is 2.84 bits per heavy atom. The number of nitrogens with two attached hydrogens (primary N) is 1. The Bertz CT molecular complexity index is 625. The van der Waals surface area contributed by atoms with Crippen LogP contribution in [0.25, 0.3) is 0 Å². The van der Waals surface area contributed by atoms with E-state index in [1.165, 1.54) is 0 Å². The quantitative estimate of drug-likeness (QED) is 0.921. The van der Waals surface area contributed by atoms with Crippen LogP contribution in [0.3, 0.4) is 0 Å². The fourth-order valence-corrected chi connectivity index (χ4v) is 2.72. The molecule has 0 bridgehead atoms. The largest absolute Gasteiger partial charge is 0.486 e. The Morgan fingerprint density at radius 2 is 2.11 bits per heavy atom. The SMILES string of the molecule is Cc1cc(N)n(Cc2cc(Br)c3c(c2)OCCO3)n1. The van der Waals surface area contributed by atoms with Gasteiger partial charge in [-0.2, -0.15) is 5.10 Å². The molecule has 0 spiro atoms. The summed E-state index contributed by atoms with van der Waals surface area (Å²) in [6.07, 6.45) is 0. The first-order chi connectivity index (χ1) is 9.13. The number of hydrogen-bond donors (Lipinski definition) is 1. The lowest BCUT2D eigenvalue weighted by Crippen LogP contribution is -2.16. The Morgan fingerprint density at radius 1 is 1.32 bits per heavy atom. The summed E-state index contributed by atoms with van der Waals surface area (Å²) in [5, 5.41) is 4.35. The fourth-order valence-electron chi connectivity index (χ4n) is 2.12. The van der Waals surface area contributed by atoms with E-state index >= 15 is 0 Å². The minimum atomic E-state index is 0.575. The number of rotatable bonds is 2. The molecule has 0 saturated heterocycles. The van der Waals surface area contributed by atoms with Crippen molar-refractivity contribution in [3.05, 3.63) is 33.9 Å². The molecule has 0 radical (unpaired) electrons. The Hall–Kier alpha value is -1.69. The van der Waals surface area contributed by atoms with Crippen molar-refractivity contribution in [3.63, 3.8) is 0 Å². The first kappa shape index (κ1) is 12.3. The number of hydrogen-bond acceptors (Lipinski definition) is 4. The van der Waals surface area contributed by atoms with Crippen molar-refractivity contribution < 1.29 is 9.47 Å². The second kappa shape index (κ2) is 4.77. The third-order valence-electron chi connectivity index (χ3n) is 2.92. The van der Waals surface area contributed by atoms with Crippen LogP contribution in [0.2, 0.25) is 0 Å². The number of fused-ring (bicyclic) bond motifs is 1. The summed E-state index contributed by atoms with van der Waals surface area (Å²) in [7, 11) is 0. The Balaban J connectivity index is 1.93. The highest BCUT2D eigenvalue weighted by Gasteiger charge is 2.16. The number of halogens is 1. The van der Waals surface area contributed by atoms with E-state index in [0.717, 1.165) is 27.2 Å². The molecule has 0 amide bonds. The maximum absolute atomic E-state index is 5.90. The second-order valence-electron chi connectivity index (χ2n) is 4.47. The normalized spacial score (nSPS) is 13.6. The summed E-state index contributed by atoms with van der Waals surface area (Å²) in [5.74, 6) is 2.18. The summed E-state index contributed by atoms with van der Waals surface area (Å²) in [5.41, 5.74) is 7.87. The molecule has 0 aliphatic carbocycles. The van der Waals surface area contributed by atoms with E-state index in [2.05, 4.69) is 21.0 Å². The van der Waals surface area contributed by atoms with E-state index in [-0.39, 0.29) is 0 Å². The molecule has 6 heteroatoms. The molecule has 3 rings (SSSR count). The highest BCUT2D eigenvalue weighted by atomic mass is 79.9. The van der Waals surface area contributed by atoms with Gasteiger partial charge < -0.3 is 15.2 Å². The molecule has 19 heavy (non-hydrogen) atoms. The summed E-state index contributed by atoms with van der Waals surface area (Å²) in [4.78, 5) is 0. The monoisotopic (exact) mass is 323 g/mol. The van der Waals surface area contributed by atoms with Crippen LogP contribution in [0.1, 0.15) is 11.3 Å². The number of aromatic nitrogens is 2. The van der Waals surface area contributed by atoms with Crippen molar-refractivity contribution in [2.75, 3.05) is 18.9 Å². The van der Waals surface area contributed by atoms with E-state index in [0.29, 0.717) is 25.6 Å². The average molecular weight is 324 g/mol. The van der Waals surface area contributed by atoms with Crippen LogP contribution in [-0.2, 0) is 6.54 Å². The van der Waals surface area contributed by atoms with Gasteiger partial charge >= 0.3 is 0 Å². The van der Waals surface area contributed by atoms with Gasteiger partial charge in [0.15, 0.2) is 11.5 Å². The molecule has 0 atom stereocenters. The first-order valence-corrected chi connectivity index (χ1v) is 6.81.